The van der Waals surface area contributed by atoms with Gasteiger partial charge in [0.05, 0.1) is 9.92 Å². The topological polar surface area (TPSA) is 102 Å². The van der Waals surface area contributed by atoms with E-state index >= 15 is 0 Å². The molecule has 2 rings (SSSR count). The van der Waals surface area contributed by atoms with Crippen LogP contribution >= 0.6 is 11.6 Å². The summed E-state index contributed by atoms with van der Waals surface area (Å²) in [6.45, 7) is 1.41. The van der Waals surface area contributed by atoms with E-state index in [1.165, 1.54) is 25.1 Å². The maximum Gasteiger partial charge on any atom is 0.313 e. The molecule has 9 heteroatoms. The number of aromatic nitrogens is 3. The lowest BCUT2D eigenvalue weighted by Crippen LogP contribution is -2.24. The van der Waals surface area contributed by atoms with Crippen LogP contribution in [0.2, 0.25) is 5.02 Å². The lowest BCUT2D eigenvalue weighted by molar-refractivity contribution is 0.162. The standard InChI is InChI=1S/C11H10ClN3O4S/c1-6-13-14-10(11(16)15(6)17)8-4-3-7(5-9(8)12)20(2,18)19/h3-5,17H,1-2H3. The fourth-order valence-electron chi connectivity index (χ4n) is 1.54. The third-order valence-corrected chi connectivity index (χ3v) is 4.04. The monoisotopic (exact) mass is 315 g/mol. The lowest BCUT2D eigenvalue weighted by Gasteiger charge is -2.06. The Labute approximate surface area is 119 Å². The zero-order valence-corrected chi connectivity index (χ0v) is 12.1. The Morgan fingerprint density at radius 1 is 1.30 bits per heavy atom. The van der Waals surface area contributed by atoms with Crippen molar-refractivity contribution >= 4 is 21.4 Å². The van der Waals surface area contributed by atoms with Gasteiger partial charge in [-0.2, -0.15) is 0 Å². The molecule has 0 saturated heterocycles. The molecule has 0 fully saturated rings. The summed E-state index contributed by atoms with van der Waals surface area (Å²) in [5.74, 6) is 0.0302. The van der Waals surface area contributed by atoms with Crippen molar-refractivity contribution in [3.63, 3.8) is 0 Å². The quantitative estimate of drug-likeness (QED) is 0.826. The molecule has 0 aliphatic rings. The van der Waals surface area contributed by atoms with Gasteiger partial charge in [-0.15, -0.1) is 14.9 Å². The minimum Gasteiger partial charge on any atom is -0.424 e. The Hall–Kier alpha value is -1.93. The molecule has 0 aliphatic carbocycles. The molecule has 0 spiro atoms. The molecule has 0 amide bonds. The first-order valence-electron chi connectivity index (χ1n) is 5.37. The summed E-state index contributed by atoms with van der Waals surface area (Å²) in [4.78, 5) is 11.9. The molecule has 2 aromatic rings. The molecule has 1 N–H and O–H groups in total. The molecule has 0 bridgehead atoms. The summed E-state index contributed by atoms with van der Waals surface area (Å²) in [5, 5.41) is 16.8. The van der Waals surface area contributed by atoms with Gasteiger partial charge in [0.25, 0.3) is 0 Å². The highest BCUT2D eigenvalue weighted by Crippen LogP contribution is 2.26. The van der Waals surface area contributed by atoms with E-state index in [1.807, 2.05) is 0 Å². The van der Waals surface area contributed by atoms with Crippen molar-refractivity contribution in [2.75, 3.05) is 6.26 Å². The summed E-state index contributed by atoms with van der Waals surface area (Å²) >= 11 is 5.97. The van der Waals surface area contributed by atoms with E-state index < -0.39 is 15.4 Å². The zero-order chi connectivity index (χ0) is 15.1. The van der Waals surface area contributed by atoms with Gasteiger partial charge in [0, 0.05) is 11.8 Å². The zero-order valence-electron chi connectivity index (χ0n) is 10.5. The molecule has 0 saturated carbocycles. The summed E-state index contributed by atoms with van der Waals surface area (Å²) in [7, 11) is -3.40. The highest BCUT2D eigenvalue weighted by atomic mass is 35.5. The minimum atomic E-state index is -3.40. The number of aryl methyl sites for hydroxylation is 1. The van der Waals surface area contributed by atoms with Crippen molar-refractivity contribution in [2.24, 2.45) is 0 Å². The maximum atomic E-state index is 11.9. The first kappa shape index (κ1) is 14.5. The SMILES string of the molecule is Cc1nnc(-c2ccc(S(C)(=O)=O)cc2Cl)c(=O)n1O. The average Bonchev–Trinajstić information content (AvgIpc) is 2.36. The van der Waals surface area contributed by atoms with Crippen molar-refractivity contribution in [1.29, 1.82) is 0 Å². The van der Waals surface area contributed by atoms with Gasteiger partial charge >= 0.3 is 5.56 Å². The van der Waals surface area contributed by atoms with Gasteiger partial charge in [-0.25, -0.2) is 8.42 Å². The van der Waals surface area contributed by atoms with Crippen LogP contribution in [0.5, 0.6) is 0 Å². The molecule has 0 radical (unpaired) electrons. The van der Waals surface area contributed by atoms with E-state index in [0.29, 0.717) is 4.73 Å². The van der Waals surface area contributed by atoms with Crippen LogP contribution in [0.3, 0.4) is 0 Å². The van der Waals surface area contributed by atoms with E-state index in [-0.39, 0.29) is 27.0 Å². The Balaban J connectivity index is 2.67. The summed E-state index contributed by atoms with van der Waals surface area (Å²) in [6.07, 6.45) is 1.05. The molecule has 106 valence electrons. The highest BCUT2D eigenvalue weighted by molar-refractivity contribution is 7.90. The van der Waals surface area contributed by atoms with Gasteiger partial charge < -0.3 is 5.21 Å². The second kappa shape index (κ2) is 4.88. The Kier molecular flexibility index (Phi) is 3.53. The van der Waals surface area contributed by atoms with Crippen LogP contribution < -0.4 is 5.56 Å². The molecule has 7 nitrogen and oxygen atoms in total. The van der Waals surface area contributed by atoms with E-state index in [9.17, 15) is 18.4 Å². The van der Waals surface area contributed by atoms with Crippen LogP contribution in [-0.4, -0.2) is 34.8 Å². The molecule has 1 aromatic heterocycles. The summed E-state index contributed by atoms with van der Waals surface area (Å²) in [5.41, 5.74) is -0.756. The van der Waals surface area contributed by atoms with Crippen LogP contribution in [-0.2, 0) is 9.84 Å². The van der Waals surface area contributed by atoms with Crippen molar-refractivity contribution in [3.8, 4) is 11.3 Å². The molecule has 20 heavy (non-hydrogen) atoms. The molecule has 1 aromatic carbocycles. The Morgan fingerprint density at radius 2 is 1.95 bits per heavy atom. The van der Waals surface area contributed by atoms with Crippen molar-refractivity contribution in [1.82, 2.24) is 14.9 Å². The average molecular weight is 316 g/mol. The van der Waals surface area contributed by atoms with Gasteiger partial charge in [0.15, 0.2) is 21.4 Å². The fraction of sp³-hybridized carbons (Fsp3) is 0.182. The van der Waals surface area contributed by atoms with Gasteiger partial charge in [-0.1, -0.05) is 11.6 Å². The third-order valence-electron chi connectivity index (χ3n) is 2.62. The predicted molar refractivity (Wildman–Crippen MR) is 71.8 cm³/mol. The molecule has 1 heterocycles. The molecule has 0 aliphatic heterocycles. The van der Waals surface area contributed by atoms with Crippen LogP contribution in [0, 0.1) is 6.92 Å². The van der Waals surface area contributed by atoms with Gasteiger partial charge in [0.1, 0.15) is 0 Å². The number of hydrogen-bond acceptors (Lipinski definition) is 6. The Morgan fingerprint density at radius 3 is 2.50 bits per heavy atom. The van der Waals surface area contributed by atoms with Gasteiger partial charge in [0.2, 0.25) is 0 Å². The largest absolute Gasteiger partial charge is 0.424 e. The molecular formula is C11H10ClN3O4S. The third kappa shape index (κ3) is 2.52. The number of halogens is 1. The van der Waals surface area contributed by atoms with Crippen LogP contribution in [0.4, 0.5) is 0 Å². The summed E-state index contributed by atoms with van der Waals surface area (Å²) < 4.78 is 23.2. The number of nitrogens with zero attached hydrogens (tertiary/aromatic N) is 3. The molecule has 0 atom stereocenters. The molecule has 0 unspecified atom stereocenters. The van der Waals surface area contributed by atoms with Crippen LogP contribution in [0.15, 0.2) is 27.9 Å². The number of benzene rings is 1. The first-order valence-corrected chi connectivity index (χ1v) is 7.64. The second-order valence-electron chi connectivity index (χ2n) is 4.13. The smallest absolute Gasteiger partial charge is 0.313 e. The first-order chi connectivity index (χ1) is 9.21. The molecular weight excluding hydrogens is 306 g/mol. The maximum absolute atomic E-state index is 11.9. The van der Waals surface area contributed by atoms with Crippen LogP contribution in [0.25, 0.3) is 11.3 Å². The van der Waals surface area contributed by atoms with Crippen molar-refractivity contribution < 1.29 is 13.6 Å². The van der Waals surface area contributed by atoms with E-state index in [0.717, 1.165) is 6.26 Å². The lowest BCUT2D eigenvalue weighted by atomic mass is 10.1. The van der Waals surface area contributed by atoms with Crippen molar-refractivity contribution in [3.05, 3.63) is 39.4 Å². The second-order valence-corrected chi connectivity index (χ2v) is 6.55. The van der Waals surface area contributed by atoms with E-state index in [2.05, 4.69) is 10.2 Å². The number of sulfone groups is 1. The van der Waals surface area contributed by atoms with Crippen molar-refractivity contribution in [2.45, 2.75) is 11.8 Å². The van der Waals surface area contributed by atoms with E-state index in [1.54, 1.807) is 0 Å². The normalized spacial score (nSPS) is 11.6. The number of hydrogen-bond donors (Lipinski definition) is 1. The Bertz CT molecular complexity index is 845. The predicted octanol–water partition coefficient (Wildman–Crippen LogP) is 0.908. The van der Waals surface area contributed by atoms with Crippen LogP contribution in [0.1, 0.15) is 5.82 Å². The minimum absolute atomic E-state index is 0.0237. The van der Waals surface area contributed by atoms with Gasteiger partial charge in [-0.05, 0) is 25.1 Å². The highest BCUT2D eigenvalue weighted by Gasteiger charge is 2.16. The van der Waals surface area contributed by atoms with E-state index in [4.69, 9.17) is 11.6 Å². The number of rotatable bonds is 2. The fourth-order valence-corrected chi connectivity index (χ4v) is 2.52. The summed E-state index contributed by atoms with van der Waals surface area (Å²) in [6, 6.07) is 3.87. The van der Waals surface area contributed by atoms with Gasteiger partial charge in [-0.3, -0.25) is 4.79 Å².